The maximum absolute atomic E-state index is 6.23. The van der Waals surface area contributed by atoms with E-state index in [0.29, 0.717) is 0 Å². The second kappa shape index (κ2) is 11.2. The van der Waals surface area contributed by atoms with Crippen LogP contribution in [0.2, 0.25) is 0 Å². The summed E-state index contributed by atoms with van der Waals surface area (Å²) in [6.45, 7) is 0. The van der Waals surface area contributed by atoms with Crippen LogP contribution in [0.15, 0.2) is 180 Å². The summed E-state index contributed by atoms with van der Waals surface area (Å²) >= 11 is 1.85. The fourth-order valence-corrected chi connectivity index (χ4v) is 8.53. The number of thiophene rings is 1. The van der Waals surface area contributed by atoms with Gasteiger partial charge >= 0.3 is 0 Å². The van der Waals surface area contributed by atoms with Crippen molar-refractivity contribution in [2.45, 2.75) is 0 Å². The van der Waals surface area contributed by atoms with Crippen LogP contribution in [0.4, 0.5) is 17.1 Å². The van der Waals surface area contributed by atoms with E-state index in [9.17, 15) is 0 Å². The van der Waals surface area contributed by atoms with E-state index in [1.165, 1.54) is 42.1 Å². The van der Waals surface area contributed by atoms with Crippen LogP contribution in [-0.4, -0.2) is 0 Å². The molecule has 2 nitrogen and oxygen atoms in total. The van der Waals surface area contributed by atoms with E-state index in [0.717, 1.165) is 50.1 Å². The third-order valence-electron chi connectivity index (χ3n) is 9.66. The van der Waals surface area contributed by atoms with Crippen molar-refractivity contribution < 1.29 is 4.42 Å². The van der Waals surface area contributed by atoms with Gasteiger partial charge in [-0.3, -0.25) is 0 Å². The van der Waals surface area contributed by atoms with E-state index in [-0.39, 0.29) is 0 Å². The number of fused-ring (bicyclic) bond motifs is 7. The molecule has 10 rings (SSSR count). The molecular formula is C46H29NOS. The third-order valence-corrected chi connectivity index (χ3v) is 10.8. The maximum Gasteiger partial charge on any atom is 0.135 e. The topological polar surface area (TPSA) is 16.4 Å². The van der Waals surface area contributed by atoms with E-state index in [1.54, 1.807) is 0 Å². The predicted octanol–water partition coefficient (Wildman–Crippen LogP) is 13.9. The number of para-hydroxylation sites is 3. The number of furan rings is 1. The molecule has 0 atom stereocenters. The quantitative estimate of drug-likeness (QED) is 0.186. The molecule has 2 heterocycles. The highest BCUT2D eigenvalue weighted by Crippen LogP contribution is 2.49. The van der Waals surface area contributed by atoms with Gasteiger partial charge in [0.1, 0.15) is 11.2 Å². The van der Waals surface area contributed by atoms with Gasteiger partial charge in [-0.05, 0) is 76.5 Å². The van der Waals surface area contributed by atoms with Crippen LogP contribution in [0.1, 0.15) is 0 Å². The second-order valence-corrected chi connectivity index (χ2v) is 13.6. The first-order chi connectivity index (χ1) is 24.3. The first-order valence-corrected chi connectivity index (χ1v) is 17.4. The molecule has 0 saturated heterocycles. The van der Waals surface area contributed by atoms with Gasteiger partial charge < -0.3 is 9.32 Å². The van der Waals surface area contributed by atoms with Crippen molar-refractivity contribution in [1.29, 1.82) is 0 Å². The lowest BCUT2D eigenvalue weighted by atomic mass is 9.96. The lowest BCUT2D eigenvalue weighted by Crippen LogP contribution is -2.12. The van der Waals surface area contributed by atoms with Crippen molar-refractivity contribution >= 4 is 81.3 Å². The normalized spacial score (nSPS) is 11.7. The number of nitrogens with zero attached hydrogens (tertiary/aromatic N) is 1. The molecular weight excluding hydrogens is 615 g/mol. The van der Waals surface area contributed by atoms with Crippen LogP contribution in [-0.2, 0) is 0 Å². The van der Waals surface area contributed by atoms with Gasteiger partial charge in [0.15, 0.2) is 0 Å². The molecule has 0 radical (unpaired) electrons. The number of hydrogen-bond acceptors (Lipinski definition) is 3. The molecule has 8 aromatic carbocycles. The van der Waals surface area contributed by atoms with Gasteiger partial charge in [0, 0.05) is 42.1 Å². The Morgan fingerprint density at radius 1 is 0.388 bits per heavy atom. The van der Waals surface area contributed by atoms with Gasteiger partial charge in [-0.2, -0.15) is 0 Å². The van der Waals surface area contributed by atoms with E-state index in [1.807, 2.05) is 23.5 Å². The average molecular weight is 644 g/mol. The molecule has 49 heavy (non-hydrogen) atoms. The first-order valence-electron chi connectivity index (χ1n) is 16.6. The number of hydrogen-bond donors (Lipinski definition) is 0. The van der Waals surface area contributed by atoms with Crippen LogP contribution < -0.4 is 4.90 Å². The molecule has 0 saturated carbocycles. The smallest absolute Gasteiger partial charge is 0.135 e. The largest absolute Gasteiger partial charge is 0.456 e. The van der Waals surface area contributed by atoms with Crippen molar-refractivity contribution in [3.8, 4) is 22.3 Å². The van der Waals surface area contributed by atoms with E-state index < -0.39 is 0 Å². The zero-order valence-corrected chi connectivity index (χ0v) is 27.3. The summed E-state index contributed by atoms with van der Waals surface area (Å²) in [4.78, 5) is 2.49. The zero-order valence-electron chi connectivity index (χ0n) is 26.5. The summed E-state index contributed by atoms with van der Waals surface area (Å²) in [5, 5.41) is 7.26. The van der Waals surface area contributed by atoms with E-state index in [2.05, 4.69) is 169 Å². The van der Waals surface area contributed by atoms with Gasteiger partial charge in [-0.15, -0.1) is 11.3 Å². The van der Waals surface area contributed by atoms with Gasteiger partial charge in [0.2, 0.25) is 0 Å². The van der Waals surface area contributed by atoms with Crippen molar-refractivity contribution in [3.05, 3.63) is 176 Å². The zero-order chi connectivity index (χ0) is 32.3. The van der Waals surface area contributed by atoms with Gasteiger partial charge in [-0.25, -0.2) is 0 Å². The van der Waals surface area contributed by atoms with Gasteiger partial charge in [0.05, 0.1) is 17.1 Å². The Hall–Kier alpha value is -6.16. The summed E-state index contributed by atoms with van der Waals surface area (Å²) in [6, 6.07) is 63.4. The molecule has 0 fully saturated rings. The Morgan fingerprint density at radius 3 is 1.82 bits per heavy atom. The van der Waals surface area contributed by atoms with E-state index >= 15 is 0 Å². The molecule has 0 spiro atoms. The Labute approximate surface area is 287 Å². The van der Waals surface area contributed by atoms with Gasteiger partial charge in [0.25, 0.3) is 0 Å². The highest BCUT2D eigenvalue weighted by atomic mass is 32.1. The SMILES string of the molecule is c1ccc(N(c2ccccc2-c2ccc3oc4ccccc4c3c2)c2cccc3sc4ccccc4c23)c(-c2ccc3ccccc3c2)c1. The lowest BCUT2D eigenvalue weighted by molar-refractivity contribution is 0.669. The van der Waals surface area contributed by atoms with Crippen molar-refractivity contribution in [2.75, 3.05) is 4.90 Å². The molecule has 0 aliphatic carbocycles. The highest BCUT2D eigenvalue weighted by Gasteiger charge is 2.24. The molecule has 2 aromatic heterocycles. The van der Waals surface area contributed by atoms with Gasteiger partial charge in [-0.1, -0.05) is 121 Å². The molecule has 10 aromatic rings. The molecule has 3 heteroatoms. The third kappa shape index (κ3) is 4.55. The maximum atomic E-state index is 6.23. The summed E-state index contributed by atoms with van der Waals surface area (Å²) in [7, 11) is 0. The first kappa shape index (κ1) is 27.9. The Bertz CT molecular complexity index is 2860. The minimum atomic E-state index is 0.899. The van der Waals surface area contributed by atoms with Crippen molar-refractivity contribution in [2.24, 2.45) is 0 Å². The highest BCUT2D eigenvalue weighted by molar-refractivity contribution is 7.26. The number of anilines is 3. The van der Waals surface area contributed by atoms with Crippen LogP contribution in [0.3, 0.4) is 0 Å². The fourth-order valence-electron chi connectivity index (χ4n) is 7.41. The molecule has 0 amide bonds. The minimum absolute atomic E-state index is 0.899. The Morgan fingerprint density at radius 2 is 0.980 bits per heavy atom. The predicted molar refractivity (Wildman–Crippen MR) is 210 cm³/mol. The molecule has 0 N–H and O–H groups in total. The van der Waals surface area contributed by atoms with Crippen LogP contribution >= 0.6 is 11.3 Å². The molecule has 230 valence electrons. The molecule has 0 aliphatic heterocycles. The number of benzene rings is 8. The second-order valence-electron chi connectivity index (χ2n) is 12.5. The van der Waals surface area contributed by atoms with Crippen molar-refractivity contribution in [3.63, 3.8) is 0 Å². The van der Waals surface area contributed by atoms with Crippen LogP contribution in [0.25, 0.3) is 75.1 Å². The molecule has 0 bridgehead atoms. The molecule has 0 aliphatic rings. The standard InChI is InChI=1S/C46H29NOS/c1-2-13-31-28-32(25-24-30(31)12-1)34-14-3-7-18-39(34)47(41-20-11-23-45-46(41)37-17-6-10-22-44(37)49-45)40-19-8-4-15-35(40)33-26-27-43-38(29-33)36-16-5-9-21-42(36)48-43/h1-29H. The summed E-state index contributed by atoms with van der Waals surface area (Å²) < 4.78 is 8.79. The van der Waals surface area contributed by atoms with Crippen molar-refractivity contribution in [1.82, 2.24) is 0 Å². The van der Waals surface area contributed by atoms with E-state index in [4.69, 9.17) is 4.42 Å². The summed E-state index contributed by atoms with van der Waals surface area (Å²) in [5.74, 6) is 0. The Balaban J connectivity index is 1.27. The fraction of sp³-hybridized carbons (Fsp3) is 0. The summed E-state index contributed by atoms with van der Waals surface area (Å²) in [6.07, 6.45) is 0. The van der Waals surface area contributed by atoms with Crippen LogP contribution in [0.5, 0.6) is 0 Å². The lowest BCUT2D eigenvalue weighted by Gasteiger charge is -2.30. The Kier molecular flexibility index (Phi) is 6.39. The van der Waals surface area contributed by atoms with Crippen LogP contribution in [0, 0.1) is 0 Å². The minimum Gasteiger partial charge on any atom is -0.456 e. The monoisotopic (exact) mass is 643 g/mol. The average Bonchev–Trinajstić information content (AvgIpc) is 3.74. The summed E-state index contributed by atoms with van der Waals surface area (Å²) in [5.41, 5.74) is 9.87. The number of rotatable bonds is 5. The molecule has 0 unspecified atom stereocenters.